The molecule has 1 fully saturated rings. The highest BCUT2D eigenvalue weighted by atomic mass is 35.5. The molecular formula is C20H27ClN4O. The summed E-state index contributed by atoms with van der Waals surface area (Å²) in [5, 5.41) is 5.28. The van der Waals surface area contributed by atoms with Crippen molar-refractivity contribution in [3.05, 3.63) is 35.5 Å². The summed E-state index contributed by atoms with van der Waals surface area (Å²) in [6.45, 7) is 7.82. The van der Waals surface area contributed by atoms with Gasteiger partial charge in [-0.15, -0.1) is 0 Å². The van der Waals surface area contributed by atoms with Gasteiger partial charge in [0.25, 0.3) is 0 Å². The number of pyridine rings is 1. The van der Waals surface area contributed by atoms with Crippen LogP contribution in [0.3, 0.4) is 0 Å². The third kappa shape index (κ3) is 4.46. The number of benzene rings is 1. The Hall–Kier alpha value is -1.85. The van der Waals surface area contributed by atoms with E-state index >= 15 is 0 Å². The third-order valence-corrected chi connectivity index (χ3v) is 5.34. The van der Waals surface area contributed by atoms with Crippen LogP contribution in [0.5, 0.6) is 0 Å². The van der Waals surface area contributed by atoms with Gasteiger partial charge in [-0.1, -0.05) is 25.4 Å². The number of carbonyl (C=O) groups excluding carboxylic acids is 1. The Kier molecular flexibility index (Phi) is 5.99. The molecule has 1 atom stereocenters. The normalized spacial score (nSPS) is 16.9. The van der Waals surface area contributed by atoms with Gasteiger partial charge in [-0.2, -0.15) is 0 Å². The molecule has 0 bridgehead atoms. The van der Waals surface area contributed by atoms with E-state index in [1.807, 2.05) is 29.2 Å². The van der Waals surface area contributed by atoms with Crippen LogP contribution in [-0.2, 0) is 4.79 Å². The minimum atomic E-state index is 0.0726. The molecule has 1 saturated heterocycles. The Morgan fingerprint density at radius 2 is 1.96 bits per heavy atom. The summed E-state index contributed by atoms with van der Waals surface area (Å²) >= 11 is 6.08. The van der Waals surface area contributed by atoms with Gasteiger partial charge < -0.3 is 15.1 Å². The molecule has 0 radical (unpaired) electrons. The number of aromatic nitrogens is 1. The smallest absolute Gasteiger partial charge is 0.224 e. The summed E-state index contributed by atoms with van der Waals surface area (Å²) < 4.78 is 0. The summed E-state index contributed by atoms with van der Waals surface area (Å²) in [5.74, 6) is 0.563. The highest BCUT2D eigenvalue weighted by Crippen LogP contribution is 2.26. The summed E-state index contributed by atoms with van der Waals surface area (Å²) in [7, 11) is 2.10. The van der Waals surface area contributed by atoms with E-state index in [1.165, 1.54) is 0 Å². The van der Waals surface area contributed by atoms with E-state index in [1.54, 1.807) is 6.20 Å². The van der Waals surface area contributed by atoms with Crippen molar-refractivity contribution < 1.29 is 4.79 Å². The van der Waals surface area contributed by atoms with Gasteiger partial charge in [0.2, 0.25) is 5.91 Å². The van der Waals surface area contributed by atoms with Crippen molar-refractivity contribution in [2.45, 2.75) is 26.3 Å². The van der Waals surface area contributed by atoms with Crippen molar-refractivity contribution in [1.29, 1.82) is 0 Å². The lowest BCUT2D eigenvalue weighted by Crippen LogP contribution is -2.48. The highest BCUT2D eigenvalue weighted by Gasteiger charge is 2.24. The predicted molar refractivity (Wildman–Crippen MR) is 108 cm³/mol. The van der Waals surface area contributed by atoms with Crippen LogP contribution in [0.4, 0.5) is 5.69 Å². The Morgan fingerprint density at radius 3 is 2.65 bits per heavy atom. The molecule has 0 spiro atoms. The van der Waals surface area contributed by atoms with Crippen molar-refractivity contribution in [2.75, 3.05) is 38.5 Å². The summed E-state index contributed by atoms with van der Waals surface area (Å²) in [5.41, 5.74) is 1.85. The molecule has 2 aromatic rings. The third-order valence-electron chi connectivity index (χ3n) is 5.10. The van der Waals surface area contributed by atoms with Crippen LogP contribution in [0.15, 0.2) is 30.5 Å². The lowest BCUT2D eigenvalue weighted by molar-refractivity contribution is -0.133. The second-order valence-electron chi connectivity index (χ2n) is 7.40. The molecule has 1 aromatic carbocycles. The first-order chi connectivity index (χ1) is 12.4. The van der Waals surface area contributed by atoms with Crippen LogP contribution in [-0.4, -0.2) is 60.0 Å². The monoisotopic (exact) mass is 374 g/mol. The molecule has 6 heteroatoms. The molecule has 1 aliphatic heterocycles. The fourth-order valence-corrected chi connectivity index (χ4v) is 3.44. The van der Waals surface area contributed by atoms with Crippen LogP contribution in [0.1, 0.15) is 20.3 Å². The molecular weight excluding hydrogens is 348 g/mol. The highest BCUT2D eigenvalue weighted by molar-refractivity contribution is 6.31. The number of piperazine rings is 1. The number of halogens is 1. The summed E-state index contributed by atoms with van der Waals surface area (Å²) in [6.07, 6.45) is 2.28. The SMILES string of the molecule is CC(C)[C@H](CC(=O)N1CCN(C)CC1)Nc1ccnc2cc(Cl)ccc12. The number of rotatable bonds is 5. The van der Waals surface area contributed by atoms with Crippen LogP contribution in [0, 0.1) is 5.92 Å². The summed E-state index contributed by atoms with van der Waals surface area (Å²) in [6, 6.07) is 7.75. The lowest BCUT2D eigenvalue weighted by Gasteiger charge is -2.34. The molecule has 0 unspecified atom stereocenters. The first-order valence-corrected chi connectivity index (χ1v) is 9.59. The van der Waals surface area contributed by atoms with E-state index in [4.69, 9.17) is 11.6 Å². The van der Waals surface area contributed by atoms with E-state index in [9.17, 15) is 4.79 Å². The second-order valence-corrected chi connectivity index (χ2v) is 7.84. The molecule has 0 saturated carbocycles. The van der Waals surface area contributed by atoms with Gasteiger partial charge in [-0.3, -0.25) is 9.78 Å². The maximum Gasteiger partial charge on any atom is 0.224 e. The fourth-order valence-electron chi connectivity index (χ4n) is 3.27. The van der Waals surface area contributed by atoms with Gasteiger partial charge >= 0.3 is 0 Å². The molecule has 1 amide bonds. The molecule has 1 aliphatic rings. The quantitative estimate of drug-likeness (QED) is 0.870. The van der Waals surface area contributed by atoms with Gasteiger partial charge in [-0.05, 0) is 37.2 Å². The average molecular weight is 375 g/mol. The second kappa shape index (κ2) is 8.23. The first-order valence-electron chi connectivity index (χ1n) is 9.21. The summed E-state index contributed by atoms with van der Waals surface area (Å²) in [4.78, 5) is 21.4. The van der Waals surface area contributed by atoms with E-state index in [-0.39, 0.29) is 11.9 Å². The van der Waals surface area contributed by atoms with Gasteiger partial charge in [0.05, 0.1) is 5.52 Å². The lowest BCUT2D eigenvalue weighted by atomic mass is 9.99. The number of amides is 1. The first kappa shape index (κ1) is 18.9. The van der Waals surface area contributed by atoms with Crippen molar-refractivity contribution in [1.82, 2.24) is 14.8 Å². The van der Waals surface area contributed by atoms with E-state index < -0.39 is 0 Å². The Morgan fingerprint density at radius 1 is 1.23 bits per heavy atom. The molecule has 2 heterocycles. The fraction of sp³-hybridized carbons (Fsp3) is 0.500. The number of nitrogens with zero attached hydrogens (tertiary/aromatic N) is 3. The van der Waals surface area contributed by atoms with Crippen molar-refractivity contribution in [3.63, 3.8) is 0 Å². The van der Waals surface area contributed by atoms with Gasteiger partial charge in [0.15, 0.2) is 0 Å². The van der Waals surface area contributed by atoms with Crippen LogP contribution >= 0.6 is 11.6 Å². The number of carbonyl (C=O) groups is 1. The molecule has 0 aliphatic carbocycles. The Balaban J connectivity index is 1.74. The minimum Gasteiger partial charge on any atom is -0.381 e. The van der Waals surface area contributed by atoms with E-state index in [0.29, 0.717) is 17.4 Å². The standard InChI is InChI=1S/C20H27ClN4O/c1-14(2)18(13-20(26)25-10-8-24(3)9-11-25)23-17-6-7-22-19-12-15(21)4-5-16(17)19/h4-7,12,14,18H,8-11,13H2,1-3H3,(H,22,23)/t18-/m0/s1. The zero-order valence-electron chi connectivity index (χ0n) is 15.7. The Bertz CT molecular complexity index is 771. The van der Waals surface area contributed by atoms with Crippen molar-refractivity contribution in [3.8, 4) is 0 Å². The van der Waals surface area contributed by atoms with Crippen LogP contribution in [0.25, 0.3) is 10.9 Å². The van der Waals surface area contributed by atoms with Gasteiger partial charge in [-0.25, -0.2) is 0 Å². The topological polar surface area (TPSA) is 48.5 Å². The number of anilines is 1. The zero-order valence-corrected chi connectivity index (χ0v) is 16.5. The number of hydrogen-bond donors (Lipinski definition) is 1. The van der Waals surface area contributed by atoms with Crippen LogP contribution < -0.4 is 5.32 Å². The average Bonchev–Trinajstić information content (AvgIpc) is 2.61. The minimum absolute atomic E-state index is 0.0726. The zero-order chi connectivity index (χ0) is 18.7. The number of nitrogens with one attached hydrogen (secondary N) is 1. The van der Waals surface area contributed by atoms with Crippen molar-refractivity contribution in [2.24, 2.45) is 5.92 Å². The van der Waals surface area contributed by atoms with E-state index in [0.717, 1.165) is 42.8 Å². The maximum absolute atomic E-state index is 12.8. The maximum atomic E-state index is 12.8. The molecule has 1 N–H and O–H groups in total. The van der Waals surface area contributed by atoms with Gasteiger partial charge in [0.1, 0.15) is 0 Å². The molecule has 5 nitrogen and oxygen atoms in total. The molecule has 1 aromatic heterocycles. The van der Waals surface area contributed by atoms with E-state index in [2.05, 4.69) is 36.1 Å². The number of hydrogen-bond acceptors (Lipinski definition) is 4. The molecule has 3 rings (SSSR count). The van der Waals surface area contributed by atoms with Gasteiger partial charge in [0, 0.05) is 60.9 Å². The van der Waals surface area contributed by atoms with Crippen molar-refractivity contribution >= 4 is 34.1 Å². The number of likely N-dealkylation sites (N-methyl/N-ethyl adjacent to an activating group) is 1. The molecule has 26 heavy (non-hydrogen) atoms. The van der Waals surface area contributed by atoms with Crippen LogP contribution in [0.2, 0.25) is 5.02 Å². The molecule has 140 valence electrons. The largest absolute Gasteiger partial charge is 0.381 e. The number of fused-ring (bicyclic) bond motifs is 1. The predicted octanol–water partition coefficient (Wildman–Crippen LogP) is 3.49. The Labute approximate surface area is 160 Å².